The third kappa shape index (κ3) is 5.30. The summed E-state index contributed by atoms with van der Waals surface area (Å²) in [4.78, 5) is 23.9. The maximum atomic E-state index is 11.9. The fraction of sp³-hybridized carbons (Fsp3) is 0.467. The van der Waals surface area contributed by atoms with Gasteiger partial charge in [0.25, 0.3) is 0 Å². The van der Waals surface area contributed by atoms with Crippen LogP contribution in [0, 0.1) is 13.8 Å². The van der Waals surface area contributed by atoms with Crippen molar-refractivity contribution in [3.05, 3.63) is 28.8 Å². The first-order valence-corrected chi connectivity index (χ1v) is 7.68. The predicted octanol–water partition coefficient (Wildman–Crippen LogP) is 2.09. The number of carbonyl (C=O) groups excluding carboxylic acids is 1. The Balaban J connectivity index is 2.64. The van der Waals surface area contributed by atoms with Crippen LogP contribution in [-0.2, 0) is 16.1 Å². The average molecular weight is 311 g/mol. The molecular formula is C15H21NO4S. The number of aryl methyl sites for hydroxylation is 2. The molecule has 1 rings (SSSR count). The van der Waals surface area contributed by atoms with Gasteiger partial charge in [-0.3, -0.25) is 9.59 Å². The fourth-order valence-corrected chi connectivity index (χ4v) is 2.82. The number of hydrogen-bond acceptors (Lipinski definition) is 4. The van der Waals surface area contributed by atoms with Gasteiger partial charge in [-0.1, -0.05) is 12.1 Å². The Morgan fingerprint density at radius 3 is 2.29 bits per heavy atom. The number of benzene rings is 1. The van der Waals surface area contributed by atoms with Crippen molar-refractivity contribution in [2.24, 2.45) is 0 Å². The molecule has 1 aromatic rings. The SMILES string of the molecule is COc1c(C)cc(CN(C)C(=O)CSCC(=O)O)cc1C. The Bertz CT molecular complexity index is 507. The molecular weight excluding hydrogens is 290 g/mol. The van der Waals surface area contributed by atoms with E-state index in [1.54, 1.807) is 19.1 Å². The monoisotopic (exact) mass is 311 g/mol. The van der Waals surface area contributed by atoms with Gasteiger partial charge >= 0.3 is 5.97 Å². The van der Waals surface area contributed by atoms with Crippen LogP contribution in [0.25, 0.3) is 0 Å². The normalized spacial score (nSPS) is 10.3. The van der Waals surface area contributed by atoms with Crippen LogP contribution >= 0.6 is 11.8 Å². The molecule has 0 spiro atoms. The number of amides is 1. The molecule has 0 unspecified atom stereocenters. The van der Waals surface area contributed by atoms with Crippen LogP contribution in [0.3, 0.4) is 0 Å². The van der Waals surface area contributed by atoms with Crippen LogP contribution in [0.1, 0.15) is 16.7 Å². The van der Waals surface area contributed by atoms with Crippen LogP contribution in [-0.4, -0.2) is 47.5 Å². The zero-order chi connectivity index (χ0) is 16.0. The molecule has 0 fully saturated rings. The number of methoxy groups -OCH3 is 1. The minimum atomic E-state index is -0.906. The lowest BCUT2D eigenvalue weighted by molar-refractivity contribution is -0.133. The van der Waals surface area contributed by atoms with Crippen molar-refractivity contribution in [1.29, 1.82) is 0 Å². The molecule has 0 aliphatic rings. The van der Waals surface area contributed by atoms with Crippen LogP contribution in [0.4, 0.5) is 0 Å². The summed E-state index contributed by atoms with van der Waals surface area (Å²) in [5, 5.41) is 8.55. The summed E-state index contributed by atoms with van der Waals surface area (Å²) in [6.45, 7) is 4.44. The van der Waals surface area contributed by atoms with E-state index >= 15 is 0 Å². The molecule has 116 valence electrons. The van der Waals surface area contributed by atoms with E-state index < -0.39 is 5.97 Å². The second-order valence-electron chi connectivity index (χ2n) is 4.90. The Hall–Kier alpha value is -1.69. The molecule has 0 saturated heterocycles. The van der Waals surface area contributed by atoms with Gasteiger partial charge in [-0.15, -0.1) is 11.8 Å². The van der Waals surface area contributed by atoms with Crippen molar-refractivity contribution in [2.75, 3.05) is 25.7 Å². The van der Waals surface area contributed by atoms with Gasteiger partial charge in [-0.2, -0.15) is 0 Å². The van der Waals surface area contributed by atoms with Crippen LogP contribution in [0.5, 0.6) is 5.75 Å². The summed E-state index contributed by atoms with van der Waals surface area (Å²) in [5.41, 5.74) is 3.10. The average Bonchev–Trinajstić information content (AvgIpc) is 2.37. The molecule has 0 atom stereocenters. The van der Waals surface area contributed by atoms with E-state index in [0.717, 1.165) is 34.2 Å². The van der Waals surface area contributed by atoms with Crippen molar-refractivity contribution < 1.29 is 19.4 Å². The summed E-state index contributed by atoms with van der Waals surface area (Å²) in [6.07, 6.45) is 0. The maximum Gasteiger partial charge on any atom is 0.313 e. The Labute approximate surface area is 129 Å². The summed E-state index contributed by atoms with van der Waals surface area (Å²) in [7, 11) is 3.36. The van der Waals surface area contributed by atoms with E-state index in [1.807, 2.05) is 26.0 Å². The molecule has 0 heterocycles. The quantitative estimate of drug-likeness (QED) is 0.835. The minimum absolute atomic E-state index is 0.0552. The molecule has 21 heavy (non-hydrogen) atoms. The first-order valence-electron chi connectivity index (χ1n) is 6.52. The van der Waals surface area contributed by atoms with E-state index in [1.165, 1.54) is 0 Å². The molecule has 0 aliphatic carbocycles. The van der Waals surface area contributed by atoms with Gasteiger partial charge in [-0.05, 0) is 30.5 Å². The van der Waals surface area contributed by atoms with Crippen LogP contribution in [0.15, 0.2) is 12.1 Å². The highest BCUT2D eigenvalue weighted by Crippen LogP contribution is 2.24. The first kappa shape index (κ1) is 17.4. The minimum Gasteiger partial charge on any atom is -0.496 e. The topological polar surface area (TPSA) is 66.8 Å². The Kier molecular flexibility index (Phi) is 6.55. The lowest BCUT2D eigenvalue weighted by Crippen LogP contribution is -2.28. The van der Waals surface area contributed by atoms with Crippen molar-refractivity contribution in [3.63, 3.8) is 0 Å². The molecule has 0 bridgehead atoms. The number of thioether (sulfide) groups is 1. The van der Waals surface area contributed by atoms with Crippen molar-refractivity contribution >= 4 is 23.6 Å². The molecule has 0 radical (unpaired) electrons. The lowest BCUT2D eigenvalue weighted by Gasteiger charge is -2.18. The third-order valence-electron chi connectivity index (χ3n) is 3.02. The predicted molar refractivity (Wildman–Crippen MR) is 83.9 cm³/mol. The molecule has 1 amide bonds. The highest BCUT2D eigenvalue weighted by molar-refractivity contribution is 8.00. The van der Waals surface area contributed by atoms with Gasteiger partial charge in [0.05, 0.1) is 18.6 Å². The van der Waals surface area contributed by atoms with Gasteiger partial charge in [0.15, 0.2) is 0 Å². The second-order valence-corrected chi connectivity index (χ2v) is 5.88. The molecule has 0 aromatic heterocycles. The number of rotatable bonds is 7. The number of aliphatic carboxylic acids is 1. The Morgan fingerprint density at radius 1 is 1.24 bits per heavy atom. The number of carboxylic acid groups (broad SMARTS) is 1. The number of carboxylic acids is 1. The van der Waals surface area contributed by atoms with E-state index in [0.29, 0.717) is 6.54 Å². The molecule has 0 aliphatic heterocycles. The van der Waals surface area contributed by atoms with E-state index in [2.05, 4.69) is 0 Å². The molecule has 0 saturated carbocycles. The standard InChI is InChI=1S/C15H21NO4S/c1-10-5-12(6-11(2)15(10)20-4)7-16(3)13(17)8-21-9-14(18)19/h5-6H,7-9H2,1-4H3,(H,18,19). The van der Waals surface area contributed by atoms with E-state index in [4.69, 9.17) is 9.84 Å². The zero-order valence-electron chi connectivity index (χ0n) is 12.8. The summed E-state index contributed by atoms with van der Waals surface area (Å²) >= 11 is 1.11. The molecule has 6 heteroatoms. The van der Waals surface area contributed by atoms with Crippen molar-refractivity contribution in [2.45, 2.75) is 20.4 Å². The van der Waals surface area contributed by atoms with Crippen LogP contribution in [0.2, 0.25) is 0 Å². The highest BCUT2D eigenvalue weighted by Gasteiger charge is 2.12. The van der Waals surface area contributed by atoms with E-state index in [9.17, 15) is 9.59 Å². The smallest absolute Gasteiger partial charge is 0.313 e. The molecule has 1 N–H and O–H groups in total. The lowest BCUT2D eigenvalue weighted by atomic mass is 10.1. The third-order valence-corrected chi connectivity index (χ3v) is 3.92. The van der Waals surface area contributed by atoms with Gasteiger partial charge in [0, 0.05) is 13.6 Å². The zero-order valence-corrected chi connectivity index (χ0v) is 13.6. The molecule has 1 aromatic carbocycles. The highest BCUT2D eigenvalue weighted by atomic mass is 32.2. The fourth-order valence-electron chi connectivity index (χ4n) is 2.15. The van der Waals surface area contributed by atoms with Crippen molar-refractivity contribution in [3.8, 4) is 5.75 Å². The number of nitrogens with zero attached hydrogens (tertiary/aromatic N) is 1. The van der Waals surface area contributed by atoms with Gasteiger partial charge in [-0.25, -0.2) is 0 Å². The number of hydrogen-bond donors (Lipinski definition) is 1. The van der Waals surface area contributed by atoms with E-state index in [-0.39, 0.29) is 17.4 Å². The number of ether oxygens (including phenoxy) is 1. The first-order chi connectivity index (χ1) is 9.85. The van der Waals surface area contributed by atoms with Gasteiger partial charge in [0.1, 0.15) is 5.75 Å². The maximum absolute atomic E-state index is 11.9. The number of carbonyl (C=O) groups is 2. The van der Waals surface area contributed by atoms with Gasteiger partial charge in [0.2, 0.25) is 5.91 Å². The summed E-state index contributed by atoms with van der Waals surface area (Å²) in [6, 6.07) is 4.00. The Morgan fingerprint density at radius 2 is 1.81 bits per heavy atom. The second kappa shape index (κ2) is 7.93. The van der Waals surface area contributed by atoms with Crippen molar-refractivity contribution in [1.82, 2.24) is 4.90 Å². The van der Waals surface area contributed by atoms with Crippen LogP contribution < -0.4 is 4.74 Å². The summed E-state index contributed by atoms with van der Waals surface area (Å²) in [5.74, 6) is 0.00558. The summed E-state index contributed by atoms with van der Waals surface area (Å²) < 4.78 is 5.32. The largest absolute Gasteiger partial charge is 0.496 e. The molecule has 5 nitrogen and oxygen atoms in total. The van der Waals surface area contributed by atoms with Gasteiger partial charge < -0.3 is 14.7 Å².